The first-order chi connectivity index (χ1) is 16.4. The molecular weight excluding hydrogens is 434 g/mol. The van der Waals surface area contributed by atoms with Crippen molar-refractivity contribution in [1.29, 1.82) is 0 Å². The maximum absolute atomic E-state index is 13.1. The van der Waals surface area contributed by atoms with Crippen LogP contribution < -0.4 is 0 Å². The van der Waals surface area contributed by atoms with Gasteiger partial charge in [-0.1, -0.05) is 54.6 Å². The summed E-state index contributed by atoms with van der Waals surface area (Å²) in [6.07, 6.45) is 2.11. The van der Waals surface area contributed by atoms with E-state index in [1.54, 1.807) is 0 Å². The normalized spacial score (nSPS) is 13.9. The Kier molecular flexibility index (Phi) is 6.89. The van der Waals surface area contributed by atoms with Crippen LogP contribution in [0.5, 0.6) is 0 Å². The number of H-pyrrole nitrogens is 1. The molecule has 4 aromatic rings. The van der Waals surface area contributed by atoms with Crippen molar-refractivity contribution < 1.29 is 24.6 Å². The standard InChI is InChI=1S/C24H23N3O.C2H2O4/c28-24(22-10-5-7-18-6-1-2-8-20(18)22)27-14-12-26(13-15-27)17-19-16-25-23-11-4-3-9-21(19)23;3-1(4)2(5)6/h1-11,16,25H,12-15,17H2;(H,3,4)(H,5,6). The van der Waals surface area contributed by atoms with Gasteiger partial charge in [0, 0.05) is 55.4 Å². The molecule has 0 saturated carbocycles. The van der Waals surface area contributed by atoms with E-state index in [4.69, 9.17) is 19.8 Å². The zero-order valence-electron chi connectivity index (χ0n) is 18.5. The van der Waals surface area contributed by atoms with Gasteiger partial charge < -0.3 is 20.1 Å². The number of nitrogens with zero attached hydrogens (tertiary/aromatic N) is 2. The first kappa shape index (κ1) is 23.0. The minimum atomic E-state index is -1.82. The van der Waals surface area contributed by atoms with E-state index in [1.165, 1.54) is 16.5 Å². The van der Waals surface area contributed by atoms with Crippen molar-refractivity contribution in [3.63, 3.8) is 0 Å². The number of hydrogen-bond donors (Lipinski definition) is 3. The van der Waals surface area contributed by atoms with Crippen LogP contribution in [0.4, 0.5) is 0 Å². The van der Waals surface area contributed by atoms with Gasteiger partial charge >= 0.3 is 11.9 Å². The van der Waals surface area contributed by atoms with E-state index in [1.807, 2.05) is 35.2 Å². The van der Waals surface area contributed by atoms with Gasteiger partial charge in [0.05, 0.1) is 0 Å². The van der Waals surface area contributed by atoms with Crippen molar-refractivity contribution in [2.75, 3.05) is 26.2 Å². The maximum Gasteiger partial charge on any atom is 0.414 e. The van der Waals surface area contributed by atoms with E-state index in [0.29, 0.717) is 0 Å². The summed E-state index contributed by atoms with van der Waals surface area (Å²) in [5.41, 5.74) is 3.31. The van der Waals surface area contributed by atoms with Crippen LogP contribution in [0, 0.1) is 0 Å². The van der Waals surface area contributed by atoms with Crippen molar-refractivity contribution in [2.45, 2.75) is 6.54 Å². The fraction of sp³-hybridized carbons (Fsp3) is 0.192. The number of aromatic nitrogens is 1. The number of aromatic amines is 1. The lowest BCUT2D eigenvalue weighted by molar-refractivity contribution is -0.159. The molecule has 174 valence electrons. The van der Waals surface area contributed by atoms with Crippen LogP contribution in [0.25, 0.3) is 21.7 Å². The van der Waals surface area contributed by atoms with Crippen LogP contribution in [0.15, 0.2) is 72.9 Å². The second-order valence-electron chi connectivity index (χ2n) is 8.06. The van der Waals surface area contributed by atoms with Crippen molar-refractivity contribution >= 4 is 39.5 Å². The van der Waals surface area contributed by atoms with Crippen LogP contribution in [0.2, 0.25) is 0 Å². The second kappa shape index (κ2) is 10.2. The Hall–Kier alpha value is -4.17. The Balaban J connectivity index is 0.000000408. The summed E-state index contributed by atoms with van der Waals surface area (Å²) in [7, 11) is 0. The zero-order chi connectivity index (χ0) is 24.1. The van der Waals surface area contributed by atoms with Gasteiger partial charge in [-0.3, -0.25) is 9.69 Å². The molecule has 5 rings (SSSR count). The van der Waals surface area contributed by atoms with Gasteiger partial charge in [-0.25, -0.2) is 9.59 Å². The highest BCUT2D eigenvalue weighted by Crippen LogP contribution is 2.22. The van der Waals surface area contributed by atoms with Gasteiger partial charge in [0.1, 0.15) is 0 Å². The molecule has 3 aromatic carbocycles. The molecule has 34 heavy (non-hydrogen) atoms. The van der Waals surface area contributed by atoms with Crippen molar-refractivity contribution in [1.82, 2.24) is 14.8 Å². The second-order valence-corrected chi connectivity index (χ2v) is 8.06. The number of carboxylic acid groups (broad SMARTS) is 2. The number of hydrogen-bond acceptors (Lipinski definition) is 4. The zero-order valence-corrected chi connectivity index (χ0v) is 18.5. The number of benzene rings is 3. The Morgan fingerprint density at radius 2 is 1.38 bits per heavy atom. The highest BCUT2D eigenvalue weighted by molar-refractivity contribution is 6.27. The summed E-state index contributed by atoms with van der Waals surface area (Å²) in [6.45, 7) is 4.25. The van der Waals surface area contributed by atoms with Crippen LogP contribution in [-0.4, -0.2) is 69.0 Å². The molecule has 0 atom stereocenters. The van der Waals surface area contributed by atoms with E-state index in [0.717, 1.165) is 49.1 Å². The minimum Gasteiger partial charge on any atom is -0.473 e. The molecule has 1 aliphatic rings. The molecule has 0 bridgehead atoms. The lowest BCUT2D eigenvalue weighted by Gasteiger charge is -2.35. The maximum atomic E-state index is 13.1. The average Bonchev–Trinajstić information content (AvgIpc) is 3.27. The molecule has 0 radical (unpaired) electrons. The molecule has 2 heterocycles. The largest absolute Gasteiger partial charge is 0.473 e. The first-order valence-electron chi connectivity index (χ1n) is 10.9. The molecule has 1 fully saturated rings. The Bertz CT molecular complexity index is 1320. The van der Waals surface area contributed by atoms with Crippen LogP contribution in [0.1, 0.15) is 15.9 Å². The van der Waals surface area contributed by atoms with Gasteiger partial charge in [0.25, 0.3) is 5.91 Å². The fourth-order valence-electron chi connectivity index (χ4n) is 4.19. The van der Waals surface area contributed by atoms with E-state index in [2.05, 4.69) is 52.5 Å². The van der Waals surface area contributed by atoms with Gasteiger partial charge in [0.15, 0.2) is 0 Å². The van der Waals surface area contributed by atoms with E-state index in [9.17, 15) is 4.79 Å². The summed E-state index contributed by atoms with van der Waals surface area (Å²) >= 11 is 0. The number of fused-ring (bicyclic) bond motifs is 2. The highest BCUT2D eigenvalue weighted by Gasteiger charge is 2.23. The number of para-hydroxylation sites is 1. The third kappa shape index (κ3) is 5.07. The molecule has 3 N–H and O–H groups in total. The quantitative estimate of drug-likeness (QED) is 0.405. The molecule has 1 aliphatic heterocycles. The lowest BCUT2D eigenvalue weighted by Crippen LogP contribution is -2.48. The van der Waals surface area contributed by atoms with Gasteiger partial charge in [-0.2, -0.15) is 0 Å². The van der Waals surface area contributed by atoms with Crippen molar-refractivity contribution in [3.05, 3.63) is 84.1 Å². The van der Waals surface area contributed by atoms with E-state index in [-0.39, 0.29) is 5.91 Å². The van der Waals surface area contributed by atoms with Gasteiger partial charge in [-0.15, -0.1) is 0 Å². The summed E-state index contributed by atoms with van der Waals surface area (Å²) in [5, 5.41) is 18.2. The molecule has 8 nitrogen and oxygen atoms in total. The SMILES string of the molecule is O=C(O)C(=O)O.O=C(c1cccc2ccccc12)N1CCN(Cc2c[nH]c3ccccc23)CC1. The molecule has 1 aromatic heterocycles. The molecule has 1 saturated heterocycles. The third-order valence-corrected chi connectivity index (χ3v) is 5.93. The molecule has 1 amide bonds. The number of nitrogens with one attached hydrogen (secondary N) is 1. The predicted octanol–water partition coefficient (Wildman–Crippen LogP) is 3.43. The number of aliphatic carboxylic acids is 2. The molecule has 0 aliphatic carbocycles. The van der Waals surface area contributed by atoms with Crippen molar-refractivity contribution in [3.8, 4) is 0 Å². The monoisotopic (exact) mass is 459 g/mol. The summed E-state index contributed by atoms with van der Waals surface area (Å²) < 4.78 is 0. The number of rotatable bonds is 3. The molecule has 0 unspecified atom stereocenters. The number of carbonyl (C=O) groups excluding carboxylic acids is 1. The van der Waals surface area contributed by atoms with Gasteiger partial charge in [0.2, 0.25) is 0 Å². The smallest absolute Gasteiger partial charge is 0.414 e. The van der Waals surface area contributed by atoms with Crippen LogP contribution >= 0.6 is 0 Å². The van der Waals surface area contributed by atoms with Crippen LogP contribution in [-0.2, 0) is 16.1 Å². The number of carbonyl (C=O) groups is 3. The third-order valence-electron chi connectivity index (χ3n) is 5.93. The Labute approximate surface area is 196 Å². The lowest BCUT2D eigenvalue weighted by atomic mass is 10.0. The topological polar surface area (TPSA) is 114 Å². The Morgan fingerprint density at radius 1 is 0.765 bits per heavy atom. The summed E-state index contributed by atoms with van der Waals surface area (Å²) in [4.78, 5) is 39.1. The molecular formula is C26H25N3O5. The highest BCUT2D eigenvalue weighted by atomic mass is 16.4. The molecule has 0 spiro atoms. The van der Waals surface area contributed by atoms with Gasteiger partial charge in [-0.05, 0) is 28.5 Å². The Morgan fingerprint density at radius 3 is 2.09 bits per heavy atom. The average molecular weight is 460 g/mol. The predicted molar refractivity (Wildman–Crippen MR) is 129 cm³/mol. The number of carboxylic acids is 2. The number of piperazine rings is 1. The van der Waals surface area contributed by atoms with E-state index < -0.39 is 11.9 Å². The minimum absolute atomic E-state index is 0.142. The van der Waals surface area contributed by atoms with Crippen LogP contribution in [0.3, 0.4) is 0 Å². The first-order valence-corrected chi connectivity index (χ1v) is 10.9. The summed E-state index contributed by atoms with van der Waals surface area (Å²) in [6, 6.07) is 22.5. The summed E-state index contributed by atoms with van der Waals surface area (Å²) in [5.74, 6) is -3.51. The van der Waals surface area contributed by atoms with E-state index >= 15 is 0 Å². The van der Waals surface area contributed by atoms with Crippen molar-refractivity contribution in [2.24, 2.45) is 0 Å². The number of amides is 1. The fourth-order valence-corrected chi connectivity index (χ4v) is 4.19. The molecule has 8 heteroatoms.